The van der Waals surface area contributed by atoms with E-state index in [4.69, 9.17) is 9.47 Å². The SMILES string of the molecule is CCOc1cc2c(cc1CN1CCSCC1)OC(C)C2. The largest absolute Gasteiger partial charge is 0.494 e. The van der Waals surface area contributed by atoms with Gasteiger partial charge in [-0.1, -0.05) is 0 Å². The summed E-state index contributed by atoms with van der Waals surface area (Å²) in [6.45, 7) is 8.21. The quantitative estimate of drug-likeness (QED) is 0.851. The molecule has 1 atom stereocenters. The molecule has 0 amide bonds. The summed E-state index contributed by atoms with van der Waals surface area (Å²) in [7, 11) is 0. The van der Waals surface area contributed by atoms with Crippen LogP contribution in [0.15, 0.2) is 12.1 Å². The van der Waals surface area contributed by atoms with Gasteiger partial charge in [-0.15, -0.1) is 0 Å². The summed E-state index contributed by atoms with van der Waals surface area (Å²) in [5.74, 6) is 4.58. The molecule has 0 bridgehead atoms. The average Bonchev–Trinajstić information content (AvgIpc) is 2.80. The highest BCUT2D eigenvalue weighted by molar-refractivity contribution is 7.99. The molecule has 0 aliphatic carbocycles. The lowest BCUT2D eigenvalue weighted by Gasteiger charge is -2.27. The first-order valence-corrected chi connectivity index (χ1v) is 8.67. The average molecular weight is 293 g/mol. The first kappa shape index (κ1) is 14.1. The number of benzene rings is 1. The molecule has 1 aromatic rings. The van der Waals surface area contributed by atoms with Crippen LogP contribution < -0.4 is 9.47 Å². The molecule has 2 aliphatic heterocycles. The third kappa shape index (κ3) is 3.07. The summed E-state index contributed by atoms with van der Waals surface area (Å²) in [6, 6.07) is 4.39. The molecule has 3 rings (SSSR count). The maximum atomic E-state index is 5.89. The van der Waals surface area contributed by atoms with Gasteiger partial charge in [-0.25, -0.2) is 0 Å². The maximum Gasteiger partial charge on any atom is 0.124 e. The van der Waals surface area contributed by atoms with E-state index in [1.807, 2.05) is 18.7 Å². The van der Waals surface area contributed by atoms with Gasteiger partial charge in [0.25, 0.3) is 0 Å². The Balaban J connectivity index is 1.82. The van der Waals surface area contributed by atoms with Gasteiger partial charge in [0.15, 0.2) is 0 Å². The van der Waals surface area contributed by atoms with Crippen LogP contribution in [0.1, 0.15) is 25.0 Å². The van der Waals surface area contributed by atoms with Gasteiger partial charge in [0, 0.05) is 48.7 Å². The van der Waals surface area contributed by atoms with Gasteiger partial charge in [-0.05, 0) is 26.0 Å². The van der Waals surface area contributed by atoms with Crippen molar-refractivity contribution in [1.82, 2.24) is 4.90 Å². The molecule has 1 unspecified atom stereocenters. The van der Waals surface area contributed by atoms with Crippen LogP contribution in [0.2, 0.25) is 0 Å². The van der Waals surface area contributed by atoms with Crippen molar-refractivity contribution in [2.75, 3.05) is 31.2 Å². The summed E-state index contributed by atoms with van der Waals surface area (Å²) >= 11 is 2.05. The van der Waals surface area contributed by atoms with E-state index in [1.54, 1.807) is 0 Å². The van der Waals surface area contributed by atoms with Crippen LogP contribution in [0.3, 0.4) is 0 Å². The van der Waals surface area contributed by atoms with Crippen molar-refractivity contribution < 1.29 is 9.47 Å². The summed E-state index contributed by atoms with van der Waals surface area (Å²) in [6.07, 6.45) is 1.29. The summed E-state index contributed by atoms with van der Waals surface area (Å²) in [5.41, 5.74) is 2.56. The molecule has 0 aromatic heterocycles. The molecule has 1 saturated heterocycles. The zero-order valence-corrected chi connectivity index (χ0v) is 13.2. The van der Waals surface area contributed by atoms with E-state index < -0.39 is 0 Å². The molecule has 0 saturated carbocycles. The van der Waals surface area contributed by atoms with Gasteiger partial charge in [-0.3, -0.25) is 4.90 Å². The van der Waals surface area contributed by atoms with Crippen LogP contribution in [-0.4, -0.2) is 42.2 Å². The molecule has 1 aromatic carbocycles. The molecule has 3 nitrogen and oxygen atoms in total. The molecule has 2 heterocycles. The third-order valence-corrected chi connectivity index (χ3v) is 4.82. The Hall–Kier alpha value is -0.870. The van der Waals surface area contributed by atoms with Crippen molar-refractivity contribution in [2.24, 2.45) is 0 Å². The van der Waals surface area contributed by atoms with E-state index >= 15 is 0 Å². The highest BCUT2D eigenvalue weighted by Gasteiger charge is 2.23. The molecule has 0 spiro atoms. The number of hydrogen-bond donors (Lipinski definition) is 0. The molecule has 110 valence electrons. The molecule has 4 heteroatoms. The van der Waals surface area contributed by atoms with Crippen molar-refractivity contribution in [3.8, 4) is 11.5 Å². The fourth-order valence-electron chi connectivity index (χ4n) is 2.90. The topological polar surface area (TPSA) is 21.7 Å². The minimum Gasteiger partial charge on any atom is -0.494 e. The van der Waals surface area contributed by atoms with Crippen molar-refractivity contribution in [1.29, 1.82) is 0 Å². The van der Waals surface area contributed by atoms with Crippen LogP contribution in [0, 0.1) is 0 Å². The Morgan fingerprint density at radius 1 is 1.35 bits per heavy atom. The standard InChI is InChI=1S/C16H23NO2S/c1-3-18-15-9-13-8-12(2)19-16(13)10-14(15)11-17-4-6-20-7-5-17/h9-10,12H,3-8,11H2,1-2H3. The Morgan fingerprint density at radius 3 is 2.90 bits per heavy atom. The predicted octanol–water partition coefficient (Wildman–Crippen LogP) is 2.96. The number of nitrogens with zero attached hydrogens (tertiary/aromatic N) is 1. The van der Waals surface area contributed by atoms with Gasteiger partial charge in [0.05, 0.1) is 6.61 Å². The molecular weight excluding hydrogens is 270 g/mol. The van der Waals surface area contributed by atoms with E-state index in [2.05, 4.69) is 24.0 Å². The van der Waals surface area contributed by atoms with E-state index in [1.165, 1.54) is 35.7 Å². The van der Waals surface area contributed by atoms with Crippen LogP contribution in [-0.2, 0) is 13.0 Å². The first-order chi connectivity index (χ1) is 9.76. The summed E-state index contributed by atoms with van der Waals surface area (Å²) < 4.78 is 11.7. The van der Waals surface area contributed by atoms with Gasteiger partial charge in [-0.2, -0.15) is 11.8 Å². The predicted molar refractivity (Wildman–Crippen MR) is 84.0 cm³/mol. The van der Waals surface area contributed by atoms with Gasteiger partial charge >= 0.3 is 0 Å². The van der Waals surface area contributed by atoms with Gasteiger partial charge in [0.1, 0.15) is 17.6 Å². The monoisotopic (exact) mass is 293 g/mol. The molecule has 20 heavy (non-hydrogen) atoms. The molecule has 0 radical (unpaired) electrons. The van der Waals surface area contributed by atoms with E-state index in [0.29, 0.717) is 6.10 Å². The smallest absolute Gasteiger partial charge is 0.124 e. The fraction of sp³-hybridized carbons (Fsp3) is 0.625. The molecule has 2 aliphatic rings. The zero-order chi connectivity index (χ0) is 13.9. The number of fused-ring (bicyclic) bond motifs is 1. The molecular formula is C16H23NO2S. The van der Waals surface area contributed by atoms with Crippen LogP contribution in [0.5, 0.6) is 11.5 Å². The maximum absolute atomic E-state index is 5.89. The highest BCUT2D eigenvalue weighted by atomic mass is 32.2. The second kappa shape index (κ2) is 6.27. The minimum atomic E-state index is 0.293. The third-order valence-electron chi connectivity index (χ3n) is 3.88. The Bertz CT molecular complexity index is 472. The minimum absolute atomic E-state index is 0.293. The van der Waals surface area contributed by atoms with Gasteiger partial charge in [0.2, 0.25) is 0 Å². The van der Waals surface area contributed by atoms with Crippen LogP contribution >= 0.6 is 11.8 Å². The number of thioether (sulfide) groups is 1. The van der Waals surface area contributed by atoms with Crippen molar-refractivity contribution >= 4 is 11.8 Å². The Labute approximate surface area is 125 Å². The van der Waals surface area contributed by atoms with Crippen molar-refractivity contribution in [3.05, 3.63) is 23.3 Å². The first-order valence-electron chi connectivity index (χ1n) is 7.51. The molecule has 0 N–H and O–H groups in total. The number of ether oxygens (including phenoxy) is 2. The lowest BCUT2D eigenvalue weighted by molar-refractivity contribution is 0.252. The summed E-state index contributed by atoms with van der Waals surface area (Å²) in [5, 5.41) is 0. The Morgan fingerprint density at radius 2 is 2.15 bits per heavy atom. The summed E-state index contributed by atoms with van der Waals surface area (Å²) in [4.78, 5) is 2.51. The van der Waals surface area contributed by atoms with Crippen LogP contribution in [0.25, 0.3) is 0 Å². The molecule has 1 fully saturated rings. The van der Waals surface area contributed by atoms with Crippen LogP contribution in [0.4, 0.5) is 0 Å². The van der Waals surface area contributed by atoms with Crippen molar-refractivity contribution in [3.63, 3.8) is 0 Å². The normalized spacial score (nSPS) is 22.4. The lowest BCUT2D eigenvalue weighted by Crippen LogP contribution is -2.32. The second-order valence-corrected chi connectivity index (χ2v) is 6.75. The van der Waals surface area contributed by atoms with Crippen molar-refractivity contribution in [2.45, 2.75) is 32.9 Å². The Kier molecular flexibility index (Phi) is 4.41. The fourth-order valence-corrected chi connectivity index (χ4v) is 3.87. The second-order valence-electron chi connectivity index (χ2n) is 5.52. The number of hydrogen-bond acceptors (Lipinski definition) is 4. The van der Waals surface area contributed by atoms with E-state index in [9.17, 15) is 0 Å². The van der Waals surface area contributed by atoms with E-state index in [0.717, 1.165) is 31.1 Å². The number of rotatable bonds is 4. The highest BCUT2D eigenvalue weighted by Crippen LogP contribution is 2.35. The van der Waals surface area contributed by atoms with E-state index in [-0.39, 0.29) is 0 Å². The lowest BCUT2D eigenvalue weighted by atomic mass is 10.1. The zero-order valence-electron chi connectivity index (χ0n) is 12.4. The van der Waals surface area contributed by atoms with Gasteiger partial charge < -0.3 is 9.47 Å².